The summed E-state index contributed by atoms with van der Waals surface area (Å²) in [6, 6.07) is 10.6. The van der Waals surface area contributed by atoms with E-state index in [1.54, 1.807) is 0 Å². The number of thioether (sulfide) groups is 1. The van der Waals surface area contributed by atoms with Crippen LogP contribution in [0.15, 0.2) is 30.3 Å². The van der Waals surface area contributed by atoms with Crippen molar-refractivity contribution in [1.29, 1.82) is 0 Å². The lowest BCUT2D eigenvalue weighted by molar-refractivity contribution is -0.224. The van der Waals surface area contributed by atoms with Gasteiger partial charge < -0.3 is 14.2 Å². The summed E-state index contributed by atoms with van der Waals surface area (Å²) >= 11 is 1.96. The summed E-state index contributed by atoms with van der Waals surface area (Å²) in [5.74, 6) is 2.27. The van der Waals surface area contributed by atoms with Crippen molar-refractivity contribution in [2.75, 3.05) is 0 Å². The van der Waals surface area contributed by atoms with Crippen LogP contribution in [0.25, 0.3) is 0 Å². The molecule has 0 spiro atoms. The van der Waals surface area contributed by atoms with Crippen molar-refractivity contribution in [3.8, 4) is 0 Å². The summed E-state index contributed by atoms with van der Waals surface area (Å²) in [6.07, 6.45) is 6.52. The first-order chi connectivity index (χ1) is 20.0. The van der Waals surface area contributed by atoms with E-state index in [4.69, 9.17) is 14.2 Å². The highest BCUT2D eigenvalue weighted by atomic mass is 32.2. The Hall–Kier alpha value is -2.02. The highest BCUT2D eigenvalue weighted by Crippen LogP contribution is 2.71. The fourth-order valence-electron chi connectivity index (χ4n) is 10.7. The molecule has 230 valence electrons. The minimum Gasteiger partial charge on any atom is -0.463 e. The molecule has 7 heteroatoms. The quantitative estimate of drug-likeness (QED) is 0.268. The highest BCUT2D eigenvalue weighted by molar-refractivity contribution is 7.99. The molecular weight excluding hydrogens is 548 g/mol. The van der Waals surface area contributed by atoms with Crippen molar-refractivity contribution < 1.29 is 28.6 Å². The summed E-state index contributed by atoms with van der Waals surface area (Å²) in [5.41, 5.74) is 1.07. The van der Waals surface area contributed by atoms with Gasteiger partial charge in [-0.3, -0.25) is 14.4 Å². The van der Waals surface area contributed by atoms with Crippen LogP contribution in [0.5, 0.6) is 0 Å². The van der Waals surface area contributed by atoms with Crippen LogP contribution in [0, 0.1) is 46.3 Å². The first-order valence-corrected chi connectivity index (χ1v) is 17.3. The molecule has 1 aliphatic heterocycles. The van der Waals surface area contributed by atoms with E-state index in [1.165, 1.54) is 19.4 Å². The minimum absolute atomic E-state index is 0.0356. The maximum atomic E-state index is 13.4. The molecule has 4 saturated carbocycles. The SMILES string of the molecule is CC(=O)O[C@@H]1CC[C@@]2(C)[C@@H](C1)C[C@@H](OC(C)=O)[C@@H]1[C@@H]2[C@@H](SCc2ccccc2)[C@@H]2OC(=O)CC[C@@H](C)[C@H]3CC[C@@H]1[C@@]32C. The van der Waals surface area contributed by atoms with E-state index in [-0.39, 0.29) is 70.1 Å². The number of hydrogen-bond acceptors (Lipinski definition) is 7. The van der Waals surface area contributed by atoms with Gasteiger partial charge in [0, 0.05) is 42.6 Å². The summed E-state index contributed by atoms with van der Waals surface area (Å²) in [6.45, 7) is 10.2. The van der Waals surface area contributed by atoms with Crippen LogP contribution in [-0.4, -0.2) is 41.5 Å². The summed E-state index contributed by atoms with van der Waals surface area (Å²) in [5, 5.41) is 0.0856. The first kappa shape index (κ1) is 30.0. The van der Waals surface area contributed by atoms with Crippen LogP contribution in [0.4, 0.5) is 0 Å². The molecule has 1 aromatic carbocycles. The average molecular weight is 597 g/mol. The Labute approximate surface area is 255 Å². The molecule has 5 aliphatic rings. The molecule has 6 rings (SSSR count). The molecule has 12 atom stereocenters. The third kappa shape index (κ3) is 5.09. The van der Waals surface area contributed by atoms with Crippen LogP contribution in [-0.2, 0) is 34.3 Å². The number of fused-ring (bicyclic) bond motifs is 4. The second kappa shape index (κ2) is 11.5. The largest absolute Gasteiger partial charge is 0.463 e. The standard InChI is InChI=1S/C35H48O6S/c1-20-11-14-29(38)41-33-32(42-19-23-9-7-6-8-10-23)31-30(27-13-12-26(20)35(27,33)5)28(40-22(3)37)18-24-17-25(39-21(2)36)15-16-34(24,31)4/h6-10,20,24-28,30-33H,11-19H2,1-5H3/t20-,24+,25-,26-,27+,28-,30-,31-,32-,33+,34+,35-/m1/s1. The van der Waals surface area contributed by atoms with Crippen LogP contribution < -0.4 is 0 Å². The van der Waals surface area contributed by atoms with Gasteiger partial charge in [0.05, 0.1) is 0 Å². The summed E-state index contributed by atoms with van der Waals surface area (Å²) in [4.78, 5) is 37.9. The van der Waals surface area contributed by atoms with Gasteiger partial charge in [-0.25, -0.2) is 0 Å². The molecule has 0 radical (unpaired) electrons. The van der Waals surface area contributed by atoms with Gasteiger partial charge in [-0.15, -0.1) is 11.8 Å². The molecule has 0 bridgehead atoms. The zero-order valence-corrected chi connectivity index (χ0v) is 26.7. The van der Waals surface area contributed by atoms with Gasteiger partial charge in [-0.2, -0.15) is 0 Å². The van der Waals surface area contributed by atoms with Gasteiger partial charge in [0.25, 0.3) is 0 Å². The van der Waals surface area contributed by atoms with Crippen molar-refractivity contribution in [1.82, 2.24) is 0 Å². The predicted molar refractivity (Wildman–Crippen MR) is 162 cm³/mol. The maximum Gasteiger partial charge on any atom is 0.306 e. The topological polar surface area (TPSA) is 78.9 Å². The Morgan fingerprint density at radius 2 is 1.69 bits per heavy atom. The molecule has 4 aliphatic carbocycles. The van der Waals surface area contributed by atoms with E-state index in [0.29, 0.717) is 24.2 Å². The number of benzene rings is 1. The monoisotopic (exact) mass is 596 g/mol. The molecule has 0 amide bonds. The normalized spacial score (nSPS) is 44.4. The van der Waals surface area contributed by atoms with Crippen LogP contribution in [0.3, 0.4) is 0 Å². The second-order valence-corrected chi connectivity index (χ2v) is 15.7. The lowest BCUT2D eigenvalue weighted by atomic mass is 9.42. The molecule has 6 nitrogen and oxygen atoms in total. The number of carbonyl (C=O) groups is 3. The van der Waals surface area contributed by atoms with Crippen molar-refractivity contribution in [3.05, 3.63) is 35.9 Å². The van der Waals surface area contributed by atoms with Crippen molar-refractivity contribution in [2.24, 2.45) is 46.3 Å². The number of carbonyl (C=O) groups excluding carboxylic acids is 3. The third-order valence-corrected chi connectivity index (χ3v) is 13.8. The molecule has 0 unspecified atom stereocenters. The van der Waals surface area contributed by atoms with Crippen molar-refractivity contribution >= 4 is 29.7 Å². The fourth-order valence-corrected chi connectivity index (χ4v) is 12.5. The molecule has 1 aromatic rings. The molecule has 1 saturated heterocycles. The predicted octanol–water partition coefficient (Wildman–Crippen LogP) is 6.98. The molecule has 42 heavy (non-hydrogen) atoms. The Balaban J connectivity index is 1.47. The fraction of sp³-hybridized carbons (Fsp3) is 0.743. The first-order valence-electron chi connectivity index (χ1n) is 16.2. The van der Waals surface area contributed by atoms with Crippen LogP contribution in [0.2, 0.25) is 0 Å². The molecule has 5 fully saturated rings. The zero-order chi connectivity index (χ0) is 29.8. The smallest absolute Gasteiger partial charge is 0.306 e. The van der Waals surface area contributed by atoms with Crippen LogP contribution >= 0.6 is 11.8 Å². The van der Waals surface area contributed by atoms with Crippen molar-refractivity contribution in [3.63, 3.8) is 0 Å². The van der Waals surface area contributed by atoms with E-state index in [2.05, 4.69) is 51.1 Å². The average Bonchev–Trinajstić information content (AvgIpc) is 3.29. The van der Waals surface area contributed by atoms with Gasteiger partial charge in [0.15, 0.2) is 0 Å². The Bertz CT molecular complexity index is 1190. The summed E-state index contributed by atoms with van der Waals surface area (Å²) in [7, 11) is 0. The molecule has 1 heterocycles. The number of ether oxygens (including phenoxy) is 3. The Morgan fingerprint density at radius 1 is 0.976 bits per heavy atom. The second-order valence-electron chi connectivity index (χ2n) is 14.5. The van der Waals surface area contributed by atoms with Gasteiger partial charge in [-0.05, 0) is 85.5 Å². The number of hydrogen-bond donors (Lipinski definition) is 0. The van der Waals surface area contributed by atoms with E-state index >= 15 is 0 Å². The lowest BCUT2D eigenvalue weighted by Gasteiger charge is -2.66. The van der Waals surface area contributed by atoms with Crippen molar-refractivity contribution in [2.45, 2.75) is 115 Å². The maximum absolute atomic E-state index is 13.4. The molecular formula is C35H48O6S. The molecule has 0 N–H and O–H groups in total. The Morgan fingerprint density at radius 3 is 2.40 bits per heavy atom. The zero-order valence-electron chi connectivity index (χ0n) is 25.9. The molecule has 0 aromatic heterocycles. The van der Waals surface area contributed by atoms with E-state index in [1.807, 2.05) is 11.8 Å². The number of esters is 3. The minimum atomic E-state index is -0.230. The summed E-state index contributed by atoms with van der Waals surface area (Å²) < 4.78 is 18.7. The third-order valence-electron chi connectivity index (χ3n) is 12.4. The van der Waals surface area contributed by atoms with E-state index < -0.39 is 0 Å². The number of rotatable bonds is 5. The lowest BCUT2D eigenvalue weighted by Crippen LogP contribution is -2.68. The highest BCUT2D eigenvalue weighted by Gasteiger charge is 2.71. The van der Waals surface area contributed by atoms with E-state index in [9.17, 15) is 14.4 Å². The van der Waals surface area contributed by atoms with Crippen LogP contribution in [0.1, 0.15) is 91.5 Å². The van der Waals surface area contributed by atoms with Gasteiger partial charge in [0.2, 0.25) is 0 Å². The van der Waals surface area contributed by atoms with E-state index in [0.717, 1.165) is 50.7 Å². The Kier molecular flexibility index (Phi) is 8.21. The van der Waals surface area contributed by atoms with Gasteiger partial charge >= 0.3 is 17.9 Å². The van der Waals surface area contributed by atoms with Gasteiger partial charge in [-0.1, -0.05) is 51.1 Å². The van der Waals surface area contributed by atoms with Gasteiger partial charge in [0.1, 0.15) is 18.3 Å².